The number of Topliss-reactive ketones (excluding diaryl/α,β-unsaturated/α-hetero) is 1. The Morgan fingerprint density at radius 3 is 2.60 bits per heavy atom. The monoisotopic (exact) mass is 270 g/mol. The van der Waals surface area contributed by atoms with Crippen LogP contribution in [0.2, 0.25) is 0 Å². The van der Waals surface area contributed by atoms with Crippen LogP contribution in [0.3, 0.4) is 0 Å². The van der Waals surface area contributed by atoms with E-state index in [-0.39, 0.29) is 12.2 Å². The highest BCUT2D eigenvalue weighted by Gasteiger charge is 2.13. The fourth-order valence-electron chi connectivity index (χ4n) is 1.24. The first kappa shape index (κ1) is 11.9. The summed E-state index contributed by atoms with van der Waals surface area (Å²) in [6.07, 6.45) is -0.209. The van der Waals surface area contributed by atoms with Crippen molar-refractivity contribution in [3.63, 3.8) is 0 Å². The van der Waals surface area contributed by atoms with Gasteiger partial charge in [0.2, 0.25) is 0 Å². The number of benzene rings is 1. The third-order valence-electron chi connectivity index (χ3n) is 2.02. The zero-order valence-corrected chi connectivity index (χ0v) is 10.1. The predicted octanol–water partition coefficient (Wildman–Crippen LogP) is 2.50. The molecule has 4 heteroatoms. The Balaban J connectivity index is 2.87. The minimum atomic E-state index is -0.512. The van der Waals surface area contributed by atoms with Gasteiger partial charge in [0.05, 0.1) is 7.11 Å². The van der Waals surface area contributed by atoms with E-state index in [1.165, 1.54) is 7.11 Å². The molecule has 0 aliphatic heterocycles. The van der Waals surface area contributed by atoms with E-state index >= 15 is 0 Å². The normalized spacial score (nSPS) is 9.80. The summed E-state index contributed by atoms with van der Waals surface area (Å²) in [4.78, 5) is 22.6. The lowest BCUT2D eigenvalue weighted by atomic mass is 10.0. The average molecular weight is 271 g/mol. The number of halogens is 1. The Hall–Kier alpha value is -1.16. The molecule has 0 amide bonds. The second-order valence-corrected chi connectivity index (χ2v) is 4.05. The molecule has 0 saturated carbocycles. The number of ether oxygens (including phenoxy) is 1. The Kier molecular flexibility index (Phi) is 4.03. The van der Waals surface area contributed by atoms with Crippen molar-refractivity contribution in [3.8, 4) is 0 Å². The molecule has 0 spiro atoms. The highest BCUT2D eigenvalue weighted by atomic mass is 79.9. The first-order chi connectivity index (χ1) is 7.04. The Bertz CT molecular complexity index is 399. The summed E-state index contributed by atoms with van der Waals surface area (Å²) in [7, 11) is 1.27. The van der Waals surface area contributed by atoms with E-state index in [9.17, 15) is 9.59 Å². The largest absolute Gasteiger partial charge is 0.469 e. The molecule has 1 aromatic rings. The molecule has 0 aromatic heterocycles. The van der Waals surface area contributed by atoms with E-state index in [4.69, 9.17) is 0 Å². The van der Waals surface area contributed by atoms with E-state index in [1.54, 1.807) is 12.1 Å². The molecule has 0 N–H and O–H groups in total. The summed E-state index contributed by atoms with van der Waals surface area (Å²) in [5.41, 5.74) is 1.40. The molecule has 0 aliphatic rings. The van der Waals surface area contributed by atoms with Crippen molar-refractivity contribution < 1.29 is 14.3 Å². The van der Waals surface area contributed by atoms with E-state index in [2.05, 4.69) is 20.7 Å². The van der Waals surface area contributed by atoms with Gasteiger partial charge in [0.15, 0.2) is 5.78 Å². The number of methoxy groups -OCH3 is 1. The number of hydrogen-bond donors (Lipinski definition) is 0. The molecule has 0 aliphatic carbocycles. The summed E-state index contributed by atoms with van der Waals surface area (Å²) in [5, 5.41) is 0. The van der Waals surface area contributed by atoms with Gasteiger partial charge in [0.25, 0.3) is 0 Å². The zero-order chi connectivity index (χ0) is 11.4. The van der Waals surface area contributed by atoms with Crippen LogP contribution in [0.15, 0.2) is 22.7 Å². The van der Waals surface area contributed by atoms with Crippen molar-refractivity contribution in [2.24, 2.45) is 0 Å². The van der Waals surface area contributed by atoms with Crippen molar-refractivity contribution >= 4 is 27.7 Å². The van der Waals surface area contributed by atoms with Gasteiger partial charge < -0.3 is 4.74 Å². The maximum Gasteiger partial charge on any atom is 0.313 e. The number of rotatable bonds is 3. The lowest BCUT2D eigenvalue weighted by Crippen LogP contribution is -2.10. The topological polar surface area (TPSA) is 43.4 Å². The molecule has 0 saturated heterocycles. The highest BCUT2D eigenvalue weighted by Crippen LogP contribution is 2.17. The van der Waals surface area contributed by atoms with Crippen LogP contribution >= 0.6 is 15.9 Å². The molecule has 1 aromatic carbocycles. The van der Waals surface area contributed by atoms with Crippen LogP contribution < -0.4 is 0 Å². The molecule has 0 bridgehead atoms. The van der Waals surface area contributed by atoms with E-state index in [0.29, 0.717) is 5.56 Å². The number of hydrogen-bond acceptors (Lipinski definition) is 3. The first-order valence-electron chi connectivity index (χ1n) is 4.40. The van der Waals surface area contributed by atoms with Crippen LogP contribution in [0.25, 0.3) is 0 Å². The Morgan fingerprint density at radius 1 is 1.40 bits per heavy atom. The third-order valence-corrected chi connectivity index (χ3v) is 2.51. The third kappa shape index (κ3) is 3.16. The molecule has 3 nitrogen and oxygen atoms in total. The second kappa shape index (κ2) is 5.07. The van der Waals surface area contributed by atoms with Crippen molar-refractivity contribution in [1.82, 2.24) is 0 Å². The predicted molar refractivity (Wildman–Crippen MR) is 59.8 cm³/mol. The smallest absolute Gasteiger partial charge is 0.313 e. The number of aryl methyl sites for hydroxylation is 1. The number of carbonyl (C=O) groups excluding carboxylic acids is 2. The minimum Gasteiger partial charge on any atom is -0.469 e. The fourth-order valence-corrected chi connectivity index (χ4v) is 1.71. The van der Waals surface area contributed by atoms with Crippen molar-refractivity contribution in [3.05, 3.63) is 33.8 Å². The van der Waals surface area contributed by atoms with Gasteiger partial charge in [-0.25, -0.2) is 0 Å². The molecule has 1 rings (SSSR count). The quantitative estimate of drug-likeness (QED) is 0.482. The first-order valence-corrected chi connectivity index (χ1v) is 5.20. The molecule has 80 valence electrons. The maximum absolute atomic E-state index is 11.6. The lowest BCUT2D eigenvalue weighted by molar-refractivity contribution is -0.139. The van der Waals surface area contributed by atoms with E-state index in [0.717, 1.165) is 10.0 Å². The summed E-state index contributed by atoms with van der Waals surface area (Å²) in [5.74, 6) is -0.728. The summed E-state index contributed by atoms with van der Waals surface area (Å²) in [6.45, 7) is 1.83. The van der Waals surface area contributed by atoms with Gasteiger partial charge in [-0.15, -0.1) is 0 Å². The van der Waals surface area contributed by atoms with E-state index < -0.39 is 5.97 Å². The van der Waals surface area contributed by atoms with Gasteiger partial charge in [0, 0.05) is 10.0 Å². The van der Waals surface area contributed by atoms with Crippen molar-refractivity contribution in [2.75, 3.05) is 7.11 Å². The molecule has 0 fully saturated rings. The van der Waals surface area contributed by atoms with Crippen LogP contribution in [0, 0.1) is 6.92 Å². The Morgan fingerprint density at radius 2 is 2.07 bits per heavy atom. The van der Waals surface area contributed by atoms with Crippen LogP contribution in [0.5, 0.6) is 0 Å². The number of ketones is 1. The second-order valence-electron chi connectivity index (χ2n) is 3.14. The summed E-state index contributed by atoms with van der Waals surface area (Å²) < 4.78 is 5.35. The molecule has 0 unspecified atom stereocenters. The summed E-state index contributed by atoms with van der Waals surface area (Å²) >= 11 is 3.31. The van der Waals surface area contributed by atoms with Crippen molar-refractivity contribution in [2.45, 2.75) is 13.3 Å². The number of esters is 1. The molecular formula is C11H11BrO3. The standard InChI is InChI=1S/C11H11BrO3/c1-7-5-8(12)3-4-9(7)10(13)6-11(14)15-2/h3-5H,6H2,1-2H3. The summed E-state index contributed by atoms with van der Waals surface area (Å²) in [6, 6.07) is 5.31. The van der Waals surface area contributed by atoms with Crippen LogP contribution in [0.4, 0.5) is 0 Å². The van der Waals surface area contributed by atoms with Gasteiger partial charge in [-0.3, -0.25) is 9.59 Å². The van der Waals surface area contributed by atoms with Gasteiger partial charge in [-0.1, -0.05) is 22.0 Å². The lowest BCUT2D eigenvalue weighted by Gasteiger charge is -2.04. The minimum absolute atomic E-state index is 0.209. The molecule has 0 heterocycles. The van der Waals surface area contributed by atoms with Gasteiger partial charge in [0.1, 0.15) is 6.42 Å². The van der Waals surface area contributed by atoms with Crippen LogP contribution in [-0.2, 0) is 9.53 Å². The van der Waals surface area contributed by atoms with Gasteiger partial charge >= 0.3 is 5.97 Å². The SMILES string of the molecule is COC(=O)CC(=O)c1ccc(Br)cc1C. The average Bonchev–Trinajstić information content (AvgIpc) is 2.17. The van der Waals surface area contributed by atoms with Crippen LogP contribution in [-0.4, -0.2) is 18.9 Å². The van der Waals surface area contributed by atoms with Crippen molar-refractivity contribution in [1.29, 1.82) is 0 Å². The molecule has 0 radical (unpaired) electrons. The molecular weight excluding hydrogens is 260 g/mol. The van der Waals surface area contributed by atoms with Gasteiger partial charge in [-0.05, 0) is 24.6 Å². The van der Waals surface area contributed by atoms with Gasteiger partial charge in [-0.2, -0.15) is 0 Å². The maximum atomic E-state index is 11.6. The number of carbonyl (C=O) groups is 2. The zero-order valence-electron chi connectivity index (χ0n) is 8.54. The molecule has 15 heavy (non-hydrogen) atoms. The Labute approximate surface area is 96.6 Å². The van der Waals surface area contributed by atoms with Crippen LogP contribution in [0.1, 0.15) is 22.3 Å². The highest BCUT2D eigenvalue weighted by molar-refractivity contribution is 9.10. The molecule has 0 atom stereocenters. The fraction of sp³-hybridized carbons (Fsp3) is 0.273. The van der Waals surface area contributed by atoms with E-state index in [1.807, 2.05) is 13.0 Å².